The fourth-order valence-corrected chi connectivity index (χ4v) is 2.56. The van der Waals surface area contributed by atoms with Gasteiger partial charge in [-0.15, -0.1) is 0 Å². The minimum atomic E-state index is -0.192. The smallest absolute Gasteiger partial charge is 0.255 e. The lowest BCUT2D eigenvalue weighted by molar-refractivity contribution is 0.102. The molecule has 1 N–H and O–H groups in total. The van der Waals surface area contributed by atoms with Crippen LogP contribution in [0.5, 0.6) is 5.75 Å². The molecule has 0 aromatic heterocycles. The number of unbranched alkanes of at least 4 members (excludes halogenated alkanes) is 1. The van der Waals surface area contributed by atoms with Crippen molar-refractivity contribution >= 4 is 23.2 Å². The average molecular weight is 362 g/mol. The van der Waals surface area contributed by atoms with Crippen molar-refractivity contribution in [3.8, 4) is 5.75 Å². The first-order chi connectivity index (χ1) is 12.0. The summed E-state index contributed by atoms with van der Waals surface area (Å²) in [6.45, 7) is 5.15. The number of amides is 1. The van der Waals surface area contributed by atoms with Crippen LogP contribution < -0.4 is 10.1 Å². The first-order valence-corrected chi connectivity index (χ1v) is 8.75. The van der Waals surface area contributed by atoms with E-state index in [1.54, 1.807) is 37.4 Å². The molecule has 0 bridgehead atoms. The highest BCUT2D eigenvalue weighted by atomic mass is 35.5. The van der Waals surface area contributed by atoms with Crippen molar-refractivity contribution in [1.29, 1.82) is 0 Å². The maximum absolute atomic E-state index is 12.6. The van der Waals surface area contributed by atoms with Gasteiger partial charge in [0.05, 0.1) is 13.7 Å². The summed E-state index contributed by atoms with van der Waals surface area (Å²) in [6.07, 6.45) is 2.09. The van der Waals surface area contributed by atoms with E-state index in [1.807, 2.05) is 13.0 Å². The highest BCUT2D eigenvalue weighted by Crippen LogP contribution is 2.24. The van der Waals surface area contributed by atoms with E-state index in [-0.39, 0.29) is 5.91 Å². The molecule has 2 rings (SSSR count). The largest absolute Gasteiger partial charge is 0.496 e. The van der Waals surface area contributed by atoms with Crippen LogP contribution in [0.4, 0.5) is 5.69 Å². The Labute approximate surface area is 154 Å². The number of aryl methyl sites for hydroxylation is 1. The lowest BCUT2D eigenvalue weighted by atomic mass is 10.1. The number of ether oxygens (including phenoxy) is 2. The Hall–Kier alpha value is -2.04. The predicted octanol–water partition coefficient (Wildman–Crippen LogP) is 5.23. The van der Waals surface area contributed by atoms with E-state index >= 15 is 0 Å². The van der Waals surface area contributed by atoms with Crippen molar-refractivity contribution < 1.29 is 14.3 Å². The van der Waals surface area contributed by atoms with Gasteiger partial charge in [0, 0.05) is 28.4 Å². The molecular formula is C20H24ClNO3. The van der Waals surface area contributed by atoms with Gasteiger partial charge in [-0.3, -0.25) is 4.79 Å². The topological polar surface area (TPSA) is 47.6 Å². The normalized spacial score (nSPS) is 10.6. The second-order valence-electron chi connectivity index (χ2n) is 5.85. The van der Waals surface area contributed by atoms with Gasteiger partial charge in [0.15, 0.2) is 0 Å². The Bertz CT molecular complexity index is 731. The van der Waals surface area contributed by atoms with Gasteiger partial charge < -0.3 is 14.8 Å². The second kappa shape index (κ2) is 9.44. The van der Waals surface area contributed by atoms with Crippen molar-refractivity contribution in [3.05, 3.63) is 58.1 Å². The van der Waals surface area contributed by atoms with Crippen LogP contribution in [0.25, 0.3) is 0 Å². The molecule has 2 aromatic carbocycles. The van der Waals surface area contributed by atoms with Gasteiger partial charge in [0.1, 0.15) is 5.75 Å². The van der Waals surface area contributed by atoms with Crippen LogP contribution in [0.3, 0.4) is 0 Å². The molecule has 2 aromatic rings. The number of methoxy groups -OCH3 is 1. The molecule has 4 nitrogen and oxygen atoms in total. The lowest BCUT2D eigenvalue weighted by Gasteiger charge is -2.13. The third-order valence-electron chi connectivity index (χ3n) is 3.89. The van der Waals surface area contributed by atoms with Crippen molar-refractivity contribution in [3.63, 3.8) is 0 Å². The van der Waals surface area contributed by atoms with E-state index < -0.39 is 0 Å². The number of benzene rings is 2. The molecule has 1 amide bonds. The third-order valence-corrected chi connectivity index (χ3v) is 4.13. The highest BCUT2D eigenvalue weighted by Gasteiger charge is 2.12. The minimum absolute atomic E-state index is 0.192. The third kappa shape index (κ3) is 5.48. The molecule has 0 spiro atoms. The fourth-order valence-electron chi connectivity index (χ4n) is 2.38. The van der Waals surface area contributed by atoms with Gasteiger partial charge in [0.25, 0.3) is 5.91 Å². The minimum Gasteiger partial charge on any atom is -0.496 e. The second-order valence-corrected chi connectivity index (χ2v) is 6.28. The zero-order chi connectivity index (χ0) is 18.2. The summed E-state index contributed by atoms with van der Waals surface area (Å²) in [7, 11) is 1.61. The quantitative estimate of drug-likeness (QED) is 0.655. The van der Waals surface area contributed by atoms with Crippen molar-refractivity contribution in [2.24, 2.45) is 0 Å². The number of carbonyl (C=O) groups excluding carboxylic acids is 1. The average Bonchev–Trinajstić information content (AvgIpc) is 2.61. The number of hydrogen-bond acceptors (Lipinski definition) is 3. The molecule has 0 aliphatic rings. The molecule has 0 aliphatic heterocycles. The highest BCUT2D eigenvalue weighted by molar-refractivity contribution is 6.31. The molecule has 0 fully saturated rings. The van der Waals surface area contributed by atoms with Crippen molar-refractivity contribution in [2.45, 2.75) is 33.3 Å². The van der Waals surface area contributed by atoms with Crippen molar-refractivity contribution in [1.82, 2.24) is 0 Å². The SMILES string of the molecule is CCCCOCc1cc(C(=O)Nc2cc(Cl)ccc2C)ccc1OC. The zero-order valence-corrected chi connectivity index (χ0v) is 15.7. The number of nitrogens with one attached hydrogen (secondary N) is 1. The summed E-state index contributed by atoms with van der Waals surface area (Å²) in [5.41, 5.74) is 3.06. The molecule has 0 saturated heterocycles. The van der Waals surface area contributed by atoms with Crippen LogP contribution in [-0.4, -0.2) is 19.6 Å². The molecule has 0 radical (unpaired) electrons. The molecule has 25 heavy (non-hydrogen) atoms. The van der Waals surface area contributed by atoms with Gasteiger partial charge >= 0.3 is 0 Å². The van der Waals surface area contributed by atoms with E-state index in [0.717, 1.165) is 24.0 Å². The van der Waals surface area contributed by atoms with E-state index in [2.05, 4.69) is 12.2 Å². The van der Waals surface area contributed by atoms with Crippen LogP contribution in [-0.2, 0) is 11.3 Å². The number of carbonyl (C=O) groups is 1. The van der Waals surface area contributed by atoms with E-state index in [9.17, 15) is 4.79 Å². The van der Waals surface area contributed by atoms with Crippen LogP contribution in [0.15, 0.2) is 36.4 Å². The van der Waals surface area contributed by atoms with Crippen LogP contribution in [0.2, 0.25) is 5.02 Å². The maximum atomic E-state index is 12.6. The van der Waals surface area contributed by atoms with E-state index in [1.165, 1.54) is 0 Å². The van der Waals surface area contributed by atoms with Crippen LogP contribution in [0.1, 0.15) is 41.3 Å². The zero-order valence-electron chi connectivity index (χ0n) is 14.9. The molecule has 5 heteroatoms. The standard InChI is InChI=1S/C20H24ClNO3/c1-4-5-10-25-13-16-11-15(7-9-19(16)24-3)20(23)22-18-12-17(21)8-6-14(18)2/h6-9,11-12H,4-5,10,13H2,1-3H3,(H,22,23). The first kappa shape index (κ1) is 19.3. The molecule has 0 unspecified atom stereocenters. The molecule has 0 aliphatic carbocycles. The molecule has 134 valence electrons. The molecule has 0 atom stereocenters. The Balaban J connectivity index is 2.14. The molecule has 0 heterocycles. The number of anilines is 1. The number of hydrogen-bond donors (Lipinski definition) is 1. The maximum Gasteiger partial charge on any atom is 0.255 e. The first-order valence-electron chi connectivity index (χ1n) is 8.37. The summed E-state index contributed by atoms with van der Waals surface area (Å²) in [5, 5.41) is 3.49. The van der Waals surface area contributed by atoms with Gasteiger partial charge in [-0.1, -0.05) is 31.0 Å². The number of rotatable bonds is 8. The van der Waals surface area contributed by atoms with E-state index in [4.69, 9.17) is 21.1 Å². The van der Waals surface area contributed by atoms with Gasteiger partial charge in [-0.2, -0.15) is 0 Å². The van der Waals surface area contributed by atoms with Crippen LogP contribution in [0, 0.1) is 6.92 Å². The van der Waals surface area contributed by atoms with E-state index in [0.29, 0.717) is 35.2 Å². The summed E-state index contributed by atoms with van der Waals surface area (Å²) < 4.78 is 11.0. The Morgan fingerprint density at radius 2 is 2.00 bits per heavy atom. The van der Waals surface area contributed by atoms with Crippen molar-refractivity contribution in [2.75, 3.05) is 19.0 Å². The summed E-state index contributed by atoms with van der Waals surface area (Å²) >= 11 is 6.01. The Kier molecular flexibility index (Phi) is 7.29. The summed E-state index contributed by atoms with van der Waals surface area (Å²) in [4.78, 5) is 12.6. The summed E-state index contributed by atoms with van der Waals surface area (Å²) in [6, 6.07) is 10.7. The number of halogens is 1. The Morgan fingerprint density at radius 1 is 1.20 bits per heavy atom. The monoisotopic (exact) mass is 361 g/mol. The van der Waals surface area contributed by atoms with Gasteiger partial charge in [-0.25, -0.2) is 0 Å². The molecular weight excluding hydrogens is 338 g/mol. The Morgan fingerprint density at radius 3 is 2.72 bits per heavy atom. The van der Waals surface area contributed by atoms with Gasteiger partial charge in [-0.05, 0) is 49.2 Å². The van der Waals surface area contributed by atoms with Crippen LogP contribution >= 0.6 is 11.6 Å². The summed E-state index contributed by atoms with van der Waals surface area (Å²) in [5.74, 6) is 0.523. The fraction of sp³-hybridized carbons (Fsp3) is 0.350. The predicted molar refractivity (Wildman–Crippen MR) is 102 cm³/mol. The van der Waals surface area contributed by atoms with Gasteiger partial charge in [0.2, 0.25) is 0 Å². The lowest BCUT2D eigenvalue weighted by Crippen LogP contribution is -2.13. The molecule has 0 saturated carbocycles.